The first-order valence-corrected chi connectivity index (χ1v) is 29.0. The second-order valence-corrected chi connectivity index (χ2v) is 23.7. The molecule has 3 aliphatic heterocycles. The van der Waals surface area contributed by atoms with Crippen molar-refractivity contribution in [1.29, 1.82) is 0 Å². The Kier molecular flexibility index (Phi) is 27.7. The van der Waals surface area contributed by atoms with Crippen molar-refractivity contribution in [2.24, 2.45) is 23.5 Å². The smallest absolute Gasteiger partial charge is 0.248 e. The van der Waals surface area contributed by atoms with Gasteiger partial charge in [-0.15, -0.1) is 0 Å². The number of carbonyl (C=O) groups is 7. The summed E-state index contributed by atoms with van der Waals surface area (Å²) in [6.07, 6.45) is -7.96. The number of aromatic hydroxyl groups is 1. The number of aliphatic hydroxyl groups is 7. The lowest BCUT2D eigenvalue weighted by Crippen LogP contribution is -2.64. The molecule has 82 heavy (non-hydrogen) atoms. The first kappa shape index (κ1) is 69.3. The summed E-state index contributed by atoms with van der Waals surface area (Å²) in [6, 6.07) is -6.80. The maximum atomic E-state index is 14.8. The number of ether oxygens (including phenoxy) is 1. The highest BCUT2D eigenvalue weighted by Gasteiger charge is 2.51. The van der Waals surface area contributed by atoms with Crippen molar-refractivity contribution in [2.75, 3.05) is 53.7 Å². The van der Waals surface area contributed by atoms with E-state index in [4.69, 9.17) is 10.5 Å². The Morgan fingerprint density at radius 1 is 0.780 bits per heavy atom. The number of hydrogen-bond donors (Lipinski definition) is 14. The summed E-state index contributed by atoms with van der Waals surface area (Å²) in [6.45, 7) is 6.92. The summed E-state index contributed by atoms with van der Waals surface area (Å²) in [5.41, 5.74) is 5.71. The van der Waals surface area contributed by atoms with Gasteiger partial charge in [-0.05, 0) is 62.3 Å². The topological polar surface area (TPSA) is 383 Å². The van der Waals surface area contributed by atoms with Crippen molar-refractivity contribution >= 4 is 41.4 Å². The zero-order valence-electron chi connectivity index (χ0n) is 48.7. The van der Waals surface area contributed by atoms with Gasteiger partial charge >= 0.3 is 0 Å². The fourth-order valence-electron chi connectivity index (χ4n) is 10.6. The van der Waals surface area contributed by atoms with E-state index < -0.39 is 159 Å². The number of phenols is 1. The number of quaternary nitrogens is 1. The van der Waals surface area contributed by atoms with Gasteiger partial charge in [0.25, 0.3) is 0 Å². The predicted octanol–water partition coefficient (Wildman–Crippen LogP) is -1.59. The first-order valence-electron chi connectivity index (χ1n) is 29.0. The van der Waals surface area contributed by atoms with Crippen LogP contribution in [0.15, 0.2) is 24.3 Å². The molecule has 3 heterocycles. The molecule has 15 N–H and O–H groups in total. The van der Waals surface area contributed by atoms with Gasteiger partial charge in [0, 0.05) is 38.3 Å². The van der Waals surface area contributed by atoms with Gasteiger partial charge in [0.1, 0.15) is 66.9 Å². The van der Waals surface area contributed by atoms with Crippen LogP contribution >= 0.6 is 0 Å². The van der Waals surface area contributed by atoms with Crippen LogP contribution in [0.3, 0.4) is 0 Å². The van der Waals surface area contributed by atoms with Gasteiger partial charge in [-0.25, -0.2) is 0 Å². The molecule has 0 aromatic heterocycles. The highest BCUT2D eigenvalue weighted by Crippen LogP contribution is 2.29. The number of hydrogen-bond acceptors (Lipinski definition) is 17. The van der Waals surface area contributed by atoms with E-state index in [-0.39, 0.29) is 54.9 Å². The monoisotopic (exact) mass is 1170 g/mol. The van der Waals surface area contributed by atoms with Crippen LogP contribution in [0.4, 0.5) is 4.39 Å². The minimum absolute atomic E-state index is 0.0366. The summed E-state index contributed by atoms with van der Waals surface area (Å²) in [5, 5.41) is 103. The van der Waals surface area contributed by atoms with E-state index in [0.29, 0.717) is 24.7 Å². The number of amides is 7. The van der Waals surface area contributed by atoms with E-state index in [1.807, 2.05) is 0 Å². The van der Waals surface area contributed by atoms with Crippen LogP contribution in [-0.2, 0) is 38.3 Å². The van der Waals surface area contributed by atoms with Crippen LogP contribution in [0.1, 0.15) is 130 Å². The highest BCUT2D eigenvalue weighted by molar-refractivity contribution is 5.98. The lowest BCUT2D eigenvalue weighted by atomic mass is 9.91. The number of rotatable bonds is 25. The number of phenolic OH excluding ortho intramolecular Hbond substituents is 1. The van der Waals surface area contributed by atoms with Crippen molar-refractivity contribution in [2.45, 2.75) is 203 Å². The number of nitrogens with zero attached hydrogens (tertiary/aromatic N) is 3. The van der Waals surface area contributed by atoms with Gasteiger partial charge in [0.2, 0.25) is 48.1 Å². The van der Waals surface area contributed by atoms with Crippen molar-refractivity contribution in [1.82, 2.24) is 36.4 Å². The zero-order valence-corrected chi connectivity index (χ0v) is 48.7. The Morgan fingerprint density at radius 3 is 2.01 bits per heavy atom. The van der Waals surface area contributed by atoms with Gasteiger partial charge in [-0.2, -0.15) is 4.39 Å². The molecule has 0 aliphatic carbocycles. The molecule has 1 aromatic carbocycles. The van der Waals surface area contributed by atoms with Crippen molar-refractivity contribution in [3.63, 3.8) is 0 Å². The molecule has 0 unspecified atom stereocenters. The second-order valence-electron chi connectivity index (χ2n) is 23.7. The third kappa shape index (κ3) is 20.0. The highest BCUT2D eigenvalue weighted by atomic mass is 19.1. The SMILES string of the molecule is CC[C@H](C)C[C@H](C)CCCCCCCCC(=O)N[C@H]1C[C@@H](O)[C@@H](OCC[N+](C)(C)CF)NC(=O)[C@@H]2[C@@H](O)[C@@H](C)CN2C(=O)[C@H]([C@H](O)CCN)NC(=O)[C@H]([C@H](O)[C@@H](O)c2ccc(O)cc2)NC(=O)[C@@H]2C[C@@H](O)CN2C(=O)[C@H]([C@@H](C)O)NC1=O. The molecule has 17 atom stereocenters. The summed E-state index contributed by atoms with van der Waals surface area (Å²) < 4.78 is 19.8. The summed E-state index contributed by atoms with van der Waals surface area (Å²) in [4.78, 5) is 103. The van der Waals surface area contributed by atoms with Gasteiger partial charge in [-0.1, -0.05) is 84.8 Å². The van der Waals surface area contributed by atoms with Crippen LogP contribution < -0.4 is 32.3 Å². The molecule has 7 amide bonds. The minimum Gasteiger partial charge on any atom is -0.508 e. The molecular weight excluding hydrogens is 1070 g/mol. The third-order valence-electron chi connectivity index (χ3n) is 16.0. The molecule has 4 rings (SSSR count). The molecule has 0 bridgehead atoms. The Bertz CT molecular complexity index is 2240. The molecule has 26 heteroatoms. The average Bonchev–Trinajstić information content (AvgIpc) is 4.22. The Morgan fingerprint density at radius 2 is 1.39 bits per heavy atom. The van der Waals surface area contributed by atoms with E-state index in [2.05, 4.69) is 47.4 Å². The Labute approximate surface area is 480 Å². The van der Waals surface area contributed by atoms with E-state index in [9.17, 15) is 78.8 Å². The zero-order chi connectivity index (χ0) is 61.2. The van der Waals surface area contributed by atoms with Gasteiger partial charge < -0.3 is 92.2 Å². The Balaban J connectivity index is 1.79. The normalized spacial score (nSPS) is 28.8. The quantitative estimate of drug-likeness (QED) is 0.0298. The number of alkyl halides is 1. The van der Waals surface area contributed by atoms with E-state index in [0.717, 1.165) is 67.4 Å². The number of nitrogens with two attached hydrogens (primary N) is 1. The number of fused-ring (bicyclic) bond motifs is 2. The molecule has 0 radical (unpaired) electrons. The van der Waals surface area contributed by atoms with Crippen LogP contribution in [0, 0.1) is 17.8 Å². The largest absolute Gasteiger partial charge is 0.508 e. The van der Waals surface area contributed by atoms with Gasteiger partial charge in [-0.3, -0.25) is 33.6 Å². The lowest BCUT2D eigenvalue weighted by Gasteiger charge is -2.35. The van der Waals surface area contributed by atoms with Crippen LogP contribution in [0.2, 0.25) is 0 Å². The van der Waals surface area contributed by atoms with Gasteiger partial charge in [0.05, 0.1) is 45.1 Å². The Hall–Kier alpha value is -5.16. The molecule has 1 aromatic rings. The summed E-state index contributed by atoms with van der Waals surface area (Å²) in [5.74, 6) is -7.66. The minimum atomic E-state index is -2.31. The van der Waals surface area contributed by atoms with Crippen LogP contribution in [-0.4, -0.2) is 229 Å². The number of halogens is 1. The molecule has 0 spiro atoms. The van der Waals surface area contributed by atoms with E-state index >= 15 is 0 Å². The first-order chi connectivity index (χ1) is 38.6. The van der Waals surface area contributed by atoms with Crippen LogP contribution in [0.5, 0.6) is 5.75 Å². The molecule has 3 fully saturated rings. The van der Waals surface area contributed by atoms with E-state index in [1.54, 1.807) is 0 Å². The van der Waals surface area contributed by atoms with E-state index in [1.165, 1.54) is 39.6 Å². The number of nitrogens with one attached hydrogen (secondary N) is 5. The van der Waals surface area contributed by atoms with Crippen LogP contribution in [0.25, 0.3) is 0 Å². The summed E-state index contributed by atoms with van der Waals surface area (Å²) >= 11 is 0. The second kappa shape index (κ2) is 32.8. The third-order valence-corrected chi connectivity index (χ3v) is 16.0. The molecule has 3 saturated heterocycles. The van der Waals surface area contributed by atoms with Crippen molar-refractivity contribution < 1.29 is 88.0 Å². The number of unbranched alkanes of at least 4 members (excludes halogenated alkanes) is 5. The predicted molar refractivity (Wildman–Crippen MR) is 297 cm³/mol. The molecule has 25 nitrogen and oxygen atoms in total. The maximum absolute atomic E-state index is 14.8. The van der Waals surface area contributed by atoms with Crippen molar-refractivity contribution in [3.8, 4) is 5.75 Å². The summed E-state index contributed by atoms with van der Waals surface area (Å²) in [7, 11) is 3.07. The molecule has 0 saturated carbocycles. The average molecular weight is 1170 g/mol. The number of aliphatic hydroxyl groups excluding tert-OH is 7. The number of likely N-dealkylation sites (N-methyl/N-ethyl adjacent to an activating group) is 1. The molecule has 3 aliphatic rings. The number of benzene rings is 1. The van der Waals surface area contributed by atoms with Crippen molar-refractivity contribution in [3.05, 3.63) is 29.8 Å². The number of carbonyl (C=O) groups excluding carboxylic acids is 7. The fraction of sp³-hybridized carbons (Fsp3) is 0.768. The standard InChI is InChI=1S/C56H94FN9O16/c1-8-31(2)25-32(3)15-13-11-9-10-12-14-16-42(72)59-38-27-41(71)54(82-24-23-66(6,7)30-57)63-53(79)46-47(73)33(4)28-65(46)56(81)44(40(70)21-22-58)61-52(78)45(49(75)48(74)35-17-19-36(68)20-18-35)62-51(77)39-26-37(69)29-64(39)55(80)43(34(5)67)60-50(38)76/h17-20,31-34,37-41,43-49,54,67,69-71,73-75H,8-16,21-30,58H2,1-7H3,(H5-,59,60,61,62,63,68,72,76,77,78,79)/p+1/t31-,32+,33-,34+,37+,38-,39-,40+,41+,43-,44-,45-,46-,47-,48-,49-,54+/m0/s1. The molecular formula is C56H95FN9O16+. The lowest BCUT2D eigenvalue weighted by molar-refractivity contribution is -0.903. The molecule has 466 valence electrons. The maximum Gasteiger partial charge on any atom is 0.248 e. The van der Waals surface area contributed by atoms with Gasteiger partial charge in [0.15, 0.2) is 6.23 Å². The fourth-order valence-corrected chi connectivity index (χ4v) is 10.6.